The summed E-state index contributed by atoms with van der Waals surface area (Å²) in [5, 5.41) is 10.2. The molecule has 0 saturated heterocycles. The third kappa shape index (κ3) is 5.99. The predicted molar refractivity (Wildman–Crippen MR) is 90.6 cm³/mol. The summed E-state index contributed by atoms with van der Waals surface area (Å²) in [6.07, 6.45) is -1.33. The van der Waals surface area contributed by atoms with Gasteiger partial charge >= 0.3 is 0 Å². The van der Waals surface area contributed by atoms with Crippen molar-refractivity contribution in [1.82, 2.24) is 0 Å². The highest BCUT2D eigenvalue weighted by Crippen LogP contribution is 2.28. The zero-order valence-electron chi connectivity index (χ0n) is 14.5. The lowest BCUT2D eigenvalue weighted by Gasteiger charge is -2.29. The van der Waals surface area contributed by atoms with Crippen LogP contribution in [0.5, 0.6) is 11.5 Å². The minimum absolute atomic E-state index is 0.137. The lowest BCUT2D eigenvalue weighted by Crippen LogP contribution is -2.45. The average molecular weight is 340 g/mol. The molecule has 0 heterocycles. The van der Waals surface area contributed by atoms with Crippen LogP contribution in [0.2, 0.25) is 0 Å². The second-order valence-electron chi connectivity index (χ2n) is 5.95. The maximum Gasteiger partial charge on any atom is 0.223 e. The zero-order chi connectivity index (χ0) is 18.2. The van der Waals surface area contributed by atoms with Gasteiger partial charge in [-0.3, -0.25) is 10.5 Å². The van der Waals surface area contributed by atoms with Crippen LogP contribution in [-0.2, 0) is 9.53 Å². The molecule has 0 aliphatic rings. The highest BCUT2D eigenvalue weighted by atomic mass is 16.5. The smallest absolute Gasteiger partial charge is 0.223 e. The maximum atomic E-state index is 11.5. The third-order valence-corrected chi connectivity index (χ3v) is 4.07. The maximum absolute atomic E-state index is 11.5. The molecule has 0 spiro atoms. The Bertz CT molecular complexity index is 508. The standard InChI is InChI=1S/C17H28N2O5/c1-4-17(2,16(19)21)11-14(20)15(18)24-13-7-5-12(6-8-13)23-10-9-22-3/h5-8,14-15,20H,4,9-11,18H2,1-3H3,(H2,19,21). The number of carbonyl (C=O) groups excluding carboxylic acids is 1. The van der Waals surface area contributed by atoms with Crippen molar-refractivity contribution >= 4 is 5.91 Å². The van der Waals surface area contributed by atoms with Gasteiger partial charge < -0.3 is 25.1 Å². The van der Waals surface area contributed by atoms with Crippen LogP contribution in [-0.4, -0.2) is 43.7 Å². The number of hydrogen-bond acceptors (Lipinski definition) is 6. The number of aliphatic hydroxyl groups is 1. The van der Waals surface area contributed by atoms with Gasteiger partial charge in [0.05, 0.1) is 6.61 Å². The first-order chi connectivity index (χ1) is 11.3. The lowest BCUT2D eigenvalue weighted by atomic mass is 9.81. The van der Waals surface area contributed by atoms with Gasteiger partial charge in [0.15, 0.2) is 6.23 Å². The molecule has 24 heavy (non-hydrogen) atoms. The minimum Gasteiger partial charge on any atom is -0.491 e. The Labute approximate surface area is 142 Å². The number of primary amides is 1. The quantitative estimate of drug-likeness (QED) is 0.409. The van der Waals surface area contributed by atoms with Gasteiger partial charge in [0.2, 0.25) is 5.91 Å². The Hall–Kier alpha value is -1.83. The number of aliphatic hydroxyl groups excluding tert-OH is 1. The summed E-state index contributed by atoms with van der Waals surface area (Å²) in [6.45, 7) is 4.51. The molecule has 0 bridgehead atoms. The van der Waals surface area contributed by atoms with E-state index in [9.17, 15) is 9.90 Å². The topological polar surface area (TPSA) is 117 Å². The van der Waals surface area contributed by atoms with Crippen LogP contribution in [0.1, 0.15) is 26.7 Å². The summed E-state index contributed by atoms with van der Waals surface area (Å²) in [5.74, 6) is 0.715. The van der Waals surface area contributed by atoms with Crippen molar-refractivity contribution in [2.75, 3.05) is 20.3 Å². The highest BCUT2D eigenvalue weighted by Gasteiger charge is 2.34. The van der Waals surface area contributed by atoms with E-state index in [4.69, 9.17) is 25.7 Å². The largest absolute Gasteiger partial charge is 0.491 e. The third-order valence-electron chi connectivity index (χ3n) is 4.07. The molecule has 7 nitrogen and oxygen atoms in total. The van der Waals surface area contributed by atoms with Crippen molar-refractivity contribution in [1.29, 1.82) is 0 Å². The number of benzene rings is 1. The molecule has 0 radical (unpaired) electrons. The average Bonchev–Trinajstić information content (AvgIpc) is 2.56. The Morgan fingerprint density at radius 1 is 1.25 bits per heavy atom. The number of ether oxygens (including phenoxy) is 3. The molecule has 1 aromatic rings. The second kappa shape index (κ2) is 9.46. The molecule has 1 aromatic carbocycles. The number of rotatable bonds is 11. The summed E-state index contributed by atoms with van der Waals surface area (Å²) in [7, 11) is 1.61. The number of amides is 1. The molecule has 3 atom stereocenters. The summed E-state index contributed by atoms with van der Waals surface area (Å²) >= 11 is 0. The monoisotopic (exact) mass is 340 g/mol. The number of nitrogens with two attached hydrogens (primary N) is 2. The number of methoxy groups -OCH3 is 1. The van der Waals surface area contributed by atoms with Gasteiger partial charge in [0.1, 0.15) is 24.2 Å². The first-order valence-corrected chi connectivity index (χ1v) is 7.94. The van der Waals surface area contributed by atoms with Crippen molar-refractivity contribution in [2.45, 2.75) is 39.0 Å². The van der Waals surface area contributed by atoms with E-state index >= 15 is 0 Å². The number of hydrogen-bond donors (Lipinski definition) is 3. The van der Waals surface area contributed by atoms with Crippen LogP contribution in [0.25, 0.3) is 0 Å². The Balaban J connectivity index is 2.57. The molecule has 136 valence electrons. The van der Waals surface area contributed by atoms with Crippen molar-refractivity contribution in [3.05, 3.63) is 24.3 Å². The summed E-state index contributed by atoms with van der Waals surface area (Å²) in [5.41, 5.74) is 10.5. The van der Waals surface area contributed by atoms with E-state index in [1.165, 1.54) is 0 Å². The van der Waals surface area contributed by atoms with Crippen LogP contribution in [0.4, 0.5) is 0 Å². The molecule has 0 aromatic heterocycles. The van der Waals surface area contributed by atoms with Crippen LogP contribution in [0.3, 0.4) is 0 Å². The van der Waals surface area contributed by atoms with E-state index in [2.05, 4.69) is 0 Å². The van der Waals surface area contributed by atoms with Crippen LogP contribution in [0.15, 0.2) is 24.3 Å². The highest BCUT2D eigenvalue weighted by molar-refractivity contribution is 5.80. The van der Waals surface area contributed by atoms with E-state index in [0.717, 1.165) is 0 Å². The van der Waals surface area contributed by atoms with E-state index < -0.39 is 23.7 Å². The van der Waals surface area contributed by atoms with E-state index in [-0.39, 0.29) is 6.42 Å². The predicted octanol–water partition coefficient (Wildman–Crippen LogP) is 1.03. The fraction of sp³-hybridized carbons (Fsp3) is 0.588. The Morgan fingerprint density at radius 3 is 2.33 bits per heavy atom. The van der Waals surface area contributed by atoms with Gasteiger partial charge in [-0.05, 0) is 37.1 Å². The zero-order valence-corrected chi connectivity index (χ0v) is 14.5. The van der Waals surface area contributed by atoms with Crippen molar-refractivity contribution in [2.24, 2.45) is 16.9 Å². The molecule has 0 aliphatic heterocycles. The molecule has 5 N–H and O–H groups in total. The fourth-order valence-electron chi connectivity index (χ4n) is 2.09. The van der Waals surface area contributed by atoms with Crippen molar-refractivity contribution < 1.29 is 24.1 Å². The van der Waals surface area contributed by atoms with Gasteiger partial charge in [-0.15, -0.1) is 0 Å². The molecule has 0 fully saturated rings. The van der Waals surface area contributed by atoms with E-state index in [0.29, 0.717) is 31.1 Å². The SMILES string of the molecule is CCC(C)(CC(O)C(N)Oc1ccc(OCCOC)cc1)C(N)=O. The van der Waals surface area contributed by atoms with Gasteiger partial charge in [-0.25, -0.2) is 0 Å². The summed E-state index contributed by atoms with van der Waals surface area (Å²) < 4.78 is 15.9. The normalized spacial score (nSPS) is 16.0. The molecular formula is C17H28N2O5. The Morgan fingerprint density at radius 2 is 1.83 bits per heavy atom. The number of carbonyl (C=O) groups is 1. The van der Waals surface area contributed by atoms with Gasteiger partial charge in [-0.1, -0.05) is 13.8 Å². The first-order valence-electron chi connectivity index (χ1n) is 7.94. The summed E-state index contributed by atoms with van der Waals surface area (Å²) in [4.78, 5) is 11.5. The van der Waals surface area contributed by atoms with Gasteiger partial charge in [0, 0.05) is 12.5 Å². The first kappa shape index (κ1) is 20.2. The molecule has 1 rings (SSSR count). The van der Waals surface area contributed by atoms with Crippen LogP contribution >= 0.6 is 0 Å². The van der Waals surface area contributed by atoms with Crippen LogP contribution in [0, 0.1) is 5.41 Å². The minimum atomic E-state index is -1.01. The molecular weight excluding hydrogens is 312 g/mol. The van der Waals surface area contributed by atoms with E-state index in [1.807, 2.05) is 6.92 Å². The van der Waals surface area contributed by atoms with Crippen molar-refractivity contribution in [3.63, 3.8) is 0 Å². The Kier molecular flexibility index (Phi) is 7.97. The molecule has 0 aliphatic carbocycles. The molecule has 7 heteroatoms. The molecule has 3 unspecified atom stereocenters. The van der Waals surface area contributed by atoms with Gasteiger partial charge in [-0.2, -0.15) is 0 Å². The lowest BCUT2D eigenvalue weighted by molar-refractivity contribution is -0.129. The van der Waals surface area contributed by atoms with Crippen molar-refractivity contribution in [3.8, 4) is 11.5 Å². The second-order valence-corrected chi connectivity index (χ2v) is 5.95. The fourth-order valence-corrected chi connectivity index (χ4v) is 2.09. The van der Waals surface area contributed by atoms with Crippen LogP contribution < -0.4 is 20.9 Å². The summed E-state index contributed by atoms with van der Waals surface area (Å²) in [6, 6.07) is 6.87. The molecule has 1 amide bonds. The van der Waals surface area contributed by atoms with E-state index in [1.54, 1.807) is 38.3 Å². The van der Waals surface area contributed by atoms with Gasteiger partial charge in [0.25, 0.3) is 0 Å². The molecule has 0 saturated carbocycles.